The second-order valence-corrected chi connectivity index (χ2v) is 6.53. The lowest BCUT2D eigenvalue weighted by Crippen LogP contribution is -2.32. The molecule has 0 aliphatic carbocycles. The zero-order chi connectivity index (χ0) is 14.3. The molecule has 1 saturated heterocycles. The van der Waals surface area contributed by atoms with E-state index < -0.39 is 11.4 Å². The van der Waals surface area contributed by atoms with E-state index in [2.05, 4.69) is 30.7 Å². The number of carbonyl (C=O) groups is 1. The van der Waals surface area contributed by atoms with E-state index in [1.54, 1.807) is 13.1 Å². The highest BCUT2D eigenvalue weighted by molar-refractivity contribution is 5.76. The molecule has 0 saturated carbocycles. The minimum absolute atomic E-state index is 0.0342. The van der Waals surface area contributed by atoms with Crippen LogP contribution < -0.4 is 4.90 Å². The first-order chi connectivity index (χ1) is 8.72. The Morgan fingerprint density at radius 1 is 1.47 bits per heavy atom. The van der Waals surface area contributed by atoms with Gasteiger partial charge in [-0.05, 0) is 19.4 Å². The monoisotopic (exact) mass is 263 g/mol. The standard InChI is InChI=1S/C14H21N3O2/c1-13(2,3)10-5-7-15-12(16-10)17-8-6-14(4,9-17)11(18)19/h5,7H,6,8-9H2,1-4H3,(H,18,19). The summed E-state index contributed by atoms with van der Waals surface area (Å²) < 4.78 is 0. The quantitative estimate of drug-likeness (QED) is 0.884. The van der Waals surface area contributed by atoms with Gasteiger partial charge in [-0.15, -0.1) is 0 Å². The molecule has 1 fully saturated rings. The van der Waals surface area contributed by atoms with Crippen molar-refractivity contribution in [2.45, 2.75) is 39.5 Å². The summed E-state index contributed by atoms with van der Waals surface area (Å²) in [5.41, 5.74) is 0.246. The van der Waals surface area contributed by atoms with E-state index in [0.717, 1.165) is 5.69 Å². The minimum Gasteiger partial charge on any atom is -0.481 e. The Kier molecular flexibility index (Phi) is 3.24. The Labute approximate surface area is 113 Å². The van der Waals surface area contributed by atoms with Gasteiger partial charge in [0.2, 0.25) is 5.95 Å². The van der Waals surface area contributed by atoms with Crippen LogP contribution in [0.15, 0.2) is 12.3 Å². The Morgan fingerprint density at radius 3 is 2.68 bits per heavy atom. The largest absolute Gasteiger partial charge is 0.481 e. The predicted molar refractivity (Wildman–Crippen MR) is 73.3 cm³/mol. The van der Waals surface area contributed by atoms with Crippen LogP contribution in [0.5, 0.6) is 0 Å². The summed E-state index contributed by atoms with van der Waals surface area (Å²) in [6.45, 7) is 9.24. The van der Waals surface area contributed by atoms with Crippen LogP contribution in [0.1, 0.15) is 39.8 Å². The zero-order valence-electron chi connectivity index (χ0n) is 12.0. The molecule has 0 aromatic carbocycles. The molecule has 1 N–H and O–H groups in total. The van der Waals surface area contributed by atoms with Crippen LogP contribution in [0, 0.1) is 5.41 Å². The summed E-state index contributed by atoms with van der Waals surface area (Å²) in [6, 6.07) is 1.91. The summed E-state index contributed by atoms with van der Waals surface area (Å²) in [5.74, 6) is -0.112. The molecule has 1 aromatic heterocycles. The summed E-state index contributed by atoms with van der Waals surface area (Å²) in [7, 11) is 0. The van der Waals surface area contributed by atoms with E-state index in [4.69, 9.17) is 0 Å². The van der Waals surface area contributed by atoms with E-state index in [1.807, 2.05) is 11.0 Å². The van der Waals surface area contributed by atoms with Gasteiger partial charge in [-0.2, -0.15) is 0 Å². The second-order valence-electron chi connectivity index (χ2n) is 6.53. The first-order valence-corrected chi connectivity index (χ1v) is 6.54. The number of aromatic nitrogens is 2. The number of nitrogens with zero attached hydrogens (tertiary/aromatic N) is 3. The number of carboxylic acids is 1. The molecule has 1 aromatic rings. The van der Waals surface area contributed by atoms with E-state index >= 15 is 0 Å². The van der Waals surface area contributed by atoms with Crippen LogP contribution in [0.25, 0.3) is 0 Å². The molecular formula is C14H21N3O2. The number of carboxylic acid groups (broad SMARTS) is 1. The second kappa shape index (κ2) is 4.47. The van der Waals surface area contributed by atoms with Crippen LogP contribution in [0.2, 0.25) is 0 Å². The van der Waals surface area contributed by atoms with Crippen molar-refractivity contribution in [1.82, 2.24) is 9.97 Å². The SMILES string of the molecule is CC1(C(=O)O)CCN(c2nccc(C(C)(C)C)n2)C1. The normalized spacial score (nSPS) is 23.7. The molecule has 1 aliphatic heterocycles. The van der Waals surface area contributed by atoms with Gasteiger partial charge in [-0.1, -0.05) is 20.8 Å². The smallest absolute Gasteiger partial charge is 0.311 e. The van der Waals surface area contributed by atoms with E-state index in [0.29, 0.717) is 25.5 Å². The molecule has 1 aliphatic rings. The highest BCUT2D eigenvalue weighted by Gasteiger charge is 2.41. The molecule has 1 atom stereocenters. The van der Waals surface area contributed by atoms with Crippen molar-refractivity contribution in [2.24, 2.45) is 5.41 Å². The highest BCUT2D eigenvalue weighted by atomic mass is 16.4. The van der Waals surface area contributed by atoms with Crippen LogP contribution in [0.4, 0.5) is 5.95 Å². The van der Waals surface area contributed by atoms with Gasteiger partial charge in [-0.25, -0.2) is 9.97 Å². The van der Waals surface area contributed by atoms with Crippen molar-refractivity contribution in [3.63, 3.8) is 0 Å². The maximum Gasteiger partial charge on any atom is 0.311 e. The number of anilines is 1. The summed E-state index contributed by atoms with van der Waals surface area (Å²) >= 11 is 0. The van der Waals surface area contributed by atoms with Crippen molar-refractivity contribution >= 4 is 11.9 Å². The van der Waals surface area contributed by atoms with Gasteiger partial charge < -0.3 is 10.0 Å². The lowest BCUT2D eigenvalue weighted by atomic mass is 9.90. The molecule has 19 heavy (non-hydrogen) atoms. The number of aliphatic carboxylic acids is 1. The molecule has 2 rings (SSSR count). The van der Waals surface area contributed by atoms with Crippen molar-refractivity contribution in [1.29, 1.82) is 0 Å². The lowest BCUT2D eigenvalue weighted by Gasteiger charge is -2.22. The third-order valence-corrected chi connectivity index (χ3v) is 3.68. The molecule has 0 spiro atoms. The fraction of sp³-hybridized carbons (Fsp3) is 0.643. The maximum absolute atomic E-state index is 11.3. The van der Waals surface area contributed by atoms with Gasteiger partial charge in [-0.3, -0.25) is 4.79 Å². The van der Waals surface area contributed by atoms with E-state index in [9.17, 15) is 9.90 Å². The van der Waals surface area contributed by atoms with Crippen molar-refractivity contribution in [3.05, 3.63) is 18.0 Å². The maximum atomic E-state index is 11.3. The first-order valence-electron chi connectivity index (χ1n) is 6.54. The fourth-order valence-electron chi connectivity index (χ4n) is 2.22. The minimum atomic E-state index is -0.748. The molecule has 5 nitrogen and oxygen atoms in total. The van der Waals surface area contributed by atoms with E-state index in [1.165, 1.54) is 0 Å². The van der Waals surface area contributed by atoms with Crippen LogP contribution in [-0.4, -0.2) is 34.1 Å². The fourth-order valence-corrected chi connectivity index (χ4v) is 2.22. The van der Waals surface area contributed by atoms with E-state index in [-0.39, 0.29) is 5.41 Å². The van der Waals surface area contributed by atoms with Gasteiger partial charge in [0.1, 0.15) is 0 Å². The Balaban J connectivity index is 2.23. The van der Waals surface area contributed by atoms with Gasteiger partial charge in [0.15, 0.2) is 0 Å². The number of hydrogen-bond donors (Lipinski definition) is 1. The van der Waals surface area contributed by atoms with Gasteiger partial charge in [0.25, 0.3) is 0 Å². The molecular weight excluding hydrogens is 242 g/mol. The van der Waals surface area contributed by atoms with Gasteiger partial charge >= 0.3 is 5.97 Å². The summed E-state index contributed by atoms with van der Waals surface area (Å²) in [6.07, 6.45) is 2.38. The van der Waals surface area contributed by atoms with Gasteiger partial charge in [0.05, 0.1) is 11.1 Å². The number of hydrogen-bond acceptors (Lipinski definition) is 4. The molecule has 2 heterocycles. The average molecular weight is 263 g/mol. The van der Waals surface area contributed by atoms with Crippen LogP contribution in [0.3, 0.4) is 0 Å². The predicted octanol–water partition coefficient (Wildman–Crippen LogP) is 2.08. The molecule has 5 heteroatoms. The Morgan fingerprint density at radius 2 is 2.16 bits per heavy atom. The molecule has 104 valence electrons. The third-order valence-electron chi connectivity index (χ3n) is 3.68. The number of rotatable bonds is 2. The lowest BCUT2D eigenvalue weighted by molar-refractivity contribution is -0.146. The first kappa shape index (κ1) is 13.8. The molecule has 1 unspecified atom stereocenters. The Hall–Kier alpha value is -1.65. The molecule has 0 amide bonds. The van der Waals surface area contributed by atoms with Crippen molar-refractivity contribution in [2.75, 3.05) is 18.0 Å². The summed E-state index contributed by atoms with van der Waals surface area (Å²) in [5, 5.41) is 9.25. The van der Waals surface area contributed by atoms with Crippen molar-refractivity contribution < 1.29 is 9.90 Å². The third kappa shape index (κ3) is 2.69. The Bertz CT molecular complexity index is 496. The van der Waals surface area contributed by atoms with Crippen molar-refractivity contribution in [3.8, 4) is 0 Å². The topological polar surface area (TPSA) is 66.3 Å². The van der Waals surface area contributed by atoms with Gasteiger partial charge in [0, 0.05) is 24.7 Å². The summed E-state index contributed by atoms with van der Waals surface area (Å²) in [4.78, 5) is 22.1. The molecule has 0 bridgehead atoms. The highest BCUT2D eigenvalue weighted by Crippen LogP contribution is 2.32. The zero-order valence-corrected chi connectivity index (χ0v) is 12.0. The van der Waals surface area contributed by atoms with Crippen LogP contribution >= 0.6 is 0 Å². The molecule has 0 radical (unpaired) electrons. The average Bonchev–Trinajstić information content (AvgIpc) is 2.73. The van der Waals surface area contributed by atoms with Crippen LogP contribution in [-0.2, 0) is 10.2 Å².